The molecule has 3 aliphatic carbocycles. The van der Waals surface area contributed by atoms with Crippen LogP contribution in [-0.4, -0.2) is 33.6 Å². The molecule has 4 bridgehead atoms. The predicted octanol–water partition coefficient (Wildman–Crippen LogP) is 1.33. The highest BCUT2D eigenvalue weighted by Crippen LogP contribution is 2.69. The van der Waals surface area contributed by atoms with Gasteiger partial charge in [-0.1, -0.05) is 32.9 Å². The Morgan fingerprint density at radius 2 is 1.72 bits per heavy atom. The van der Waals surface area contributed by atoms with Crippen molar-refractivity contribution in [2.75, 3.05) is 0 Å². The fourth-order valence-corrected chi connectivity index (χ4v) is 5.21. The van der Waals surface area contributed by atoms with Crippen LogP contribution < -0.4 is 0 Å². The van der Waals surface area contributed by atoms with Crippen molar-refractivity contribution in [2.45, 2.75) is 51.9 Å². The maximum Gasteiger partial charge on any atom is 0.107 e. The number of allylic oxidation sites excluding steroid dienone is 1. The molecule has 0 radical (unpaired) electrons. The third-order valence-corrected chi connectivity index (χ3v) is 6.44. The van der Waals surface area contributed by atoms with Crippen LogP contribution in [0.1, 0.15) is 33.6 Å². The van der Waals surface area contributed by atoms with Crippen molar-refractivity contribution in [1.29, 1.82) is 0 Å². The lowest BCUT2D eigenvalue weighted by Crippen LogP contribution is -2.51. The average molecular weight is 252 g/mol. The summed E-state index contributed by atoms with van der Waals surface area (Å²) in [6.45, 7) is 10.3. The first kappa shape index (κ1) is 12.6. The molecule has 0 aliphatic heterocycles. The predicted molar refractivity (Wildman–Crippen MR) is 68.8 cm³/mol. The van der Waals surface area contributed by atoms with Crippen molar-refractivity contribution < 1.29 is 15.3 Å². The minimum atomic E-state index is -1.05. The zero-order valence-corrected chi connectivity index (χ0v) is 11.4. The van der Waals surface area contributed by atoms with Crippen LogP contribution in [0.2, 0.25) is 0 Å². The summed E-state index contributed by atoms with van der Waals surface area (Å²) < 4.78 is 0. The van der Waals surface area contributed by atoms with E-state index in [4.69, 9.17) is 0 Å². The molecule has 3 fully saturated rings. The molecule has 3 aliphatic rings. The highest BCUT2D eigenvalue weighted by Gasteiger charge is 2.68. The van der Waals surface area contributed by atoms with Crippen LogP contribution in [-0.2, 0) is 0 Å². The second-order valence-electron chi connectivity index (χ2n) is 7.45. The standard InChI is InChI=1S/C15H24O3/c1-7-5-8-6-9-10(7)15(8,4)13(18)11(16)12(17)14(9,2)3/h8-13,16-18H,1,5-6H2,2-4H3/t8-,9-,10+,11-,12-,13-,15-/m1/s1. The van der Waals surface area contributed by atoms with Gasteiger partial charge in [-0.3, -0.25) is 0 Å². The molecule has 0 amide bonds. The largest absolute Gasteiger partial charge is 0.390 e. The molecule has 7 atom stereocenters. The number of hydrogen-bond acceptors (Lipinski definition) is 3. The van der Waals surface area contributed by atoms with Crippen molar-refractivity contribution in [1.82, 2.24) is 0 Å². The summed E-state index contributed by atoms with van der Waals surface area (Å²) in [5.41, 5.74) is 0.517. The molecular weight excluding hydrogens is 228 g/mol. The van der Waals surface area contributed by atoms with E-state index in [1.165, 1.54) is 5.57 Å². The lowest BCUT2D eigenvalue weighted by atomic mass is 9.66. The van der Waals surface area contributed by atoms with Crippen molar-refractivity contribution in [3.8, 4) is 0 Å². The fraction of sp³-hybridized carbons (Fsp3) is 0.867. The van der Waals surface area contributed by atoms with E-state index in [0.29, 0.717) is 11.8 Å². The second-order valence-corrected chi connectivity index (χ2v) is 7.45. The van der Waals surface area contributed by atoms with Crippen LogP contribution in [0.4, 0.5) is 0 Å². The van der Waals surface area contributed by atoms with Gasteiger partial charge in [-0.15, -0.1) is 0 Å². The van der Waals surface area contributed by atoms with Crippen LogP contribution >= 0.6 is 0 Å². The maximum absolute atomic E-state index is 10.6. The van der Waals surface area contributed by atoms with Gasteiger partial charge in [-0.05, 0) is 36.0 Å². The maximum atomic E-state index is 10.6. The van der Waals surface area contributed by atoms with Gasteiger partial charge in [0.15, 0.2) is 0 Å². The highest BCUT2D eigenvalue weighted by atomic mass is 16.4. The monoisotopic (exact) mass is 252 g/mol. The SMILES string of the molecule is C=C1C[C@@H]2C[C@@H]3[C@H]1[C@]2(C)[C@H](O)[C@H](O)[C@@H](O)C3(C)C. The molecule has 0 aromatic rings. The molecule has 102 valence electrons. The third-order valence-electron chi connectivity index (χ3n) is 6.44. The summed E-state index contributed by atoms with van der Waals surface area (Å²) in [4.78, 5) is 0. The molecule has 3 rings (SSSR count). The first-order chi connectivity index (χ1) is 8.22. The number of rotatable bonds is 0. The Morgan fingerprint density at radius 1 is 1.11 bits per heavy atom. The normalized spacial score (nSPS) is 57.8. The molecule has 0 aromatic carbocycles. The van der Waals surface area contributed by atoms with Gasteiger partial charge in [0.2, 0.25) is 0 Å². The minimum Gasteiger partial charge on any atom is -0.390 e. The first-order valence-electron chi connectivity index (χ1n) is 6.94. The smallest absolute Gasteiger partial charge is 0.107 e. The third kappa shape index (κ3) is 1.16. The van der Waals surface area contributed by atoms with Gasteiger partial charge in [0.05, 0.1) is 12.2 Å². The Labute approximate surface area is 109 Å². The molecule has 0 spiro atoms. The zero-order chi connectivity index (χ0) is 13.5. The van der Waals surface area contributed by atoms with Gasteiger partial charge in [0.25, 0.3) is 0 Å². The average Bonchev–Trinajstić information content (AvgIpc) is 2.73. The van der Waals surface area contributed by atoms with E-state index < -0.39 is 18.3 Å². The van der Waals surface area contributed by atoms with Gasteiger partial charge in [0.1, 0.15) is 6.10 Å². The van der Waals surface area contributed by atoms with Crippen molar-refractivity contribution >= 4 is 0 Å². The summed E-state index contributed by atoms with van der Waals surface area (Å²) in [5, 5.41) is 31.2. The van der Waals surface area contributed by atoms with Crippen molar-refractivity contribution in [2.24, 2.45) is 28.6 Å². The van der Waals surface area contributed by atoms with Crippen LogP contribution in [0.5, 0.6) is 0 Å². The molecule has 3 saturated carbocycles. The van der Waals surface area contributed by atoms with E-state index in [1.807, 2.05) is 13.8 Å². The number of aliphatic hydroxyl groups is 3. The molecule has 0 aromatic heterocycles. The molecule has 0 unspecified atom stereocenters. The quantitative estimate of drug-likeness (QED) is 0.570. The molecule has 18 heavy (non-hydrogen) atoms. The number of aliphatic hydroxyl groups excluding tert-OH is 3. The van der Waals surface area contributed by atoms with Gasteiger partial charge in [0, 0.05) is 5.41 Å². The van der Waals surface area contributed by atoms with Gasteiger partial charge in [-0.2, -0.15) is 0 Å². The summed E-state index contributed by atoms with van der Waals surface area (Å²) in [5.74, 6) is 0.950. The second kappa shape index (κ2) is 3.38. The van der Waals surface area contributed by atoms with Crippen LogP contribution in [0.3, 0.4) is 0 Å². The number of hydrogen-bond donors (Lipinski definition) is 3. The van der Waals surface area contributed by atoms with E-state index in [0.717, 1.165) is 12.8 Å². The summed E-state index contributed by atoms with van der Waals surface area (Å²) >= 11 is 0. The highest BCUT2D eigenvalue weighted by molar-refractivity contribution is 5.28. The van der Waals surface area contributed by atoms with Gasteiger partial charge in [-0.25, -0.2) is 0 Å². The van der Waals surface area contributed by atoms with E-state index in [-0.39, 0.29) is 16.7 Å². The molecule has 3 N–H and O–H groups in total. The Bertz CT molecular complexity index is 403. The minimum absolute atomic E-state index is 0.235. The van der Waals surface area contributed by atoms with E-state index >= 15 is 0 Å². The molecular formula is C15H24O3. The first-order valence-corrected chi connectivity index (χ1v) is 6.94. The topological polar surface area (TPSA) is 60.7 Å². The van der Waals surface area contributed by atoms with Crippen LogP contribution in [0, 0.1) is 28.6 Å². The van der Waals surface area contributed by atoms with Crippen LogP contribution in [0.15, 0.2) is 12.2 Å². The Kier molecular flexibility index (Phi) is 2.38. The summed E-state index contributed by atoms with van der Waals surface area (Å²) in [6, 6.07) is 0. The lowest BCUT2D eigenvalue weighted by molar-refractivity contribution is -0.140. The Hall–Kier alpha value is -0.380. The molecule has 3 heteroatoms. The molecule has 0 saturated heterocycles. The Balaban J connectivity index is 2.16. The van der Waals surface area contributed by atoms with Crippen molar-refractivity contribution in [3.05, 3.63) is 12.2 Å². The summed E-state index contributed by atoms with van der Waals surface area (Å²) in [7, 11) is 0. The zero-order valence-electron chi connectivity index (χ0n) is 11.4. The lowest BCUT2D eigenvalue weighted by Gasteiger charge is -2.42. The van der Waals surface area contributed by atoms with Gasteiger partial charge >= 0.3 is 0 Å². The molecule has 0 heterocycles. The molecule has 3 nitrogen and oxygen atoms in total. The summed E-state index contributed by atoms with van der Waals surface area (Å²) in [6.07, 6.45) is -0.768. The van der Waals surface area contributed by atoms with E-state index in [1.54, 1.807) is 0 Å². The van der Waals surface area contributed by atoms with E-state index in [2.05, 4.69) is 13.5 Å². The fourth-order valence-electron chi connectivity index (χ4n) is 5.21. The van der Waals surface area contributed by atoms with Gasteiger partial charge < -0.3 is 15.3 Å². The van der Waals surface area contributed by atoms with Crippen LogP contribution in [0.25, 0.3) is 0 Å². The van der Waals surface area contributed by atoms with E-state index in [9.17, 15) is 15.3 Å². The van der Waals surface area contributed by atoms with Crippen molar-refractivity contribution in [3.63, 3.8) is 0 Å². The Morgan fingerprint density at radius 3 is 2.33 bits per heavy atom.